The molecule has 2 heterocycles. The van der Waals surface area contributed by atoms with Crippen molar-refractivity contribution in [1.82, 2.24) is 9.55 Å². The number of thioether (sulfide) groups is 1. The molecule has 1 aromatic heterocycles. The van der Waals surface area contributed by atoms with Crippen LogP contribution in [0.1, 0.15) is 12.1 Å². The normalized spacial score (nSPS) is 18.4. The van der Waals surface area contributed by atoms with E-state index in [-0.39, 0.29) is 6.04 Å². The highest BCUT2D eigenvalue weighted by molar-refractivity contribution is 9.10. The molecule has 3 nitrogen and oxygen atoms in total. The lowest BCUT2D eigenvalue weighted by Crippen LogP contribution is -2.31. The van der Waals surface area contributed by atoms with Crippen LogP contribution in [0.3, 0.4) is 0 Å². The maximum atomic E-state index is 6.03. The molecule has 100 valence electrons. The number of hydrogen-bond acceptors (Lipinski definition) is 3. The van der Waals surface area contributed by atoms with Crippen LogP contribution in [-0.4, -0.2) is 21.8 Å². The van der Waals surface area contributed by atoms with Gasteiger partial charge in [0.1, 0.15) is 0 Å². The molecule has 1 unspecified atom stereocenters. The first kappa shape index (κ1) is 13.2. The molecule has 2 N–H and O–H groups in total. The summed E-state index contributed by atoms with van der Waals surface area (Å²) >= 11 is 5.30. The highest BCUT2D eigenvalue weighted by Crippen LogP contribution is 2.31. The van der Waals surface area contributed by atoms with Crippen molar-refractivity contribution in [2.24, 2.45) is 5.73 Å². The average molecular weight is 338 g/mol. The zero-order valence-corrected chi connectivity index (χ0v) is 13.2. The molecule has 3 rings (SSSR count). The van der Waals surface area contributed by atoms with E-state index in [1.165, 1.54) is 16.2 Å². The van der Waals surface area contributed by atoms with Crippen LogP contribution in [0.25, 0.3) is 11.3 Å². The zero-order chi connectivity index (χ0) is 13.4. The summed E-state index contributed by atoms with van der Waals surface area (Å²) in [7, 11) is 0. The number of fused-ring (bicyclic) bond motifs is 1. The molecule has 2 aromatic rings. The molecule has 0 spiro atoms. The lowest BCUT2D eigenvalue weighted by Gasteiger charge is -2.21. The third-order valence-corrected chi connectivity index (χ3v) is 4.91. The maximum Gasteiger partial charge on any atom is 0.177 e. The summed E-state index contributed by atoms with van der Waals surface area (Å²) in [6.07, 6.45) is 4.12. The van der Waals surface area contributed by atoms with Gasteiger partial charge < -0.3 is 10.3 Å². The van der Waals surface area contributed by atoms with Crippen LogP contribution in [0.4, 0.5) is 0 Å². The summed E-state index contributed by atoms with van der Waals surface area (Å²) in [6, 6.07) is 8.83. The van der Waals surface area contributed by atoms with Gasteiger partial charge in [0.05, 0.1) is 5.69 Å². The van der Waals surface area contributed by atoms with Gasteiger partial charge in [0.2, 0.25) is 0 Å². The molecule has 0 amide bonds. The van der Waals surface area contributed by atoms with E-state index in [1.807, 2.05) is 0 Å². The van der Waals surface area contributed by atoms with Crippen molar-refractivity contribution < 1.29 is 0 Å². The van der Waals surface area contributed by atoms with Crippen LogP contribution in [-0.2, 0) is 13.0 Å². The maximum absolute atomic E-state index is 6.03. The Morgan fingerprint density at radius 2 is 2.11 bits per heavy atom. The van der Waals surface area contributed by atoms with Crippen LogP contribution in [0, 0.1) is 0 Å². The SMILES string of the molecule is CSc1ccc(-c2nc(Br)n3c2CCC(N)C3)cc1. The first-order valence-electron chi connectivity index (χ1n) is 6.34. The molecular weight excluding hydrogens is 322 g/mol. The molecule has 0 saturated heterocycles. The monoisotopic (exact) mass is 337 g/mol. The first-order valence-corrected chi connectivity index (χ1v) is 8.35. The van der Waals surface area contributed by atoms with Crippen LogP contribution in [0.5, 0.6) is 0 Å². The van der Waals surface area contributed by atoms with Gasteiger partial charge in [-0.25, -0.2) is 4.98 Å². The lowest BCUT2D eigenvalue weighted by atomic mass is 10.0. The number of benzene rings is 1. The highest BCUT2D eigenvalue weighted by atomic mass is 79.9. The fraction of sp³-hybridized carbons (Fsp3) is 0.357. The average Bonchev–Trinajstić information content (AvgIpc) is 2.76. The minimum atomic E-state index is 0.240. The van der Waals surface area contributed by atoms with Gasteiger partial charge in [-0.15, -0.1) is 11.8 Å². The minimum absolute atomic E-state index is 0.240. The second-order valence-electron chi connectivity index (χ2n) is 4.81. The quantitative estimate of drug-likeness (QED) is 0.855. The summed E-state index contributed by atoms with van der Waals surface area (Å²) in [6.45, 7) is 0.853. The number of hydrogen-bond donors (Lipinski definition) is 1. The molecule has 5 heteroatoms. The Balaban J connectivity index is 2.03. The highest BCUT2D eigenvalue weighted by Gasteiger charge is 2.23. The second kappa shape index (κ2) is 5.31. The number of imidazole rings is 1. The van der Waals surface area contributed by atoms with Crippen molar-refractivity contribution in [2.75, 3.05) is 6.26 Å². The Labute approximate surface area is 125 Å². The first-order chi connectivity index (χ1) is 9.19. The van der Waals surface area contributed by atoms with E-state index in [2.05, 4.69) is 56.0 Å². The molecule has 1 aromatic carbocycles. The van der Waals surface area contributed by atoms with Gasteiger partial charge in [0.25, 0.3) is 0 Å². The predicted octanol–water partition coefficient (Wildman–Crippen LogP) is 3.31. The second-order valence-corrected chi connectivity index (χ2v) is 6.40. The molecule has 1 atom stereocenters. The third kappa shape index (κ3) is 2.47. The van der Waals surface area contributed by atoms with E-state index in [4.69, 9.17) is 5.73 Å². The Kier molecular flexibility index (Phi) is 3.69. The standard InChI is InChI=1S/C14H16BrN3S/c1-19-11-5-2-9(3-6-11)13-12-7-4-10(16)8-18(12)14(15)17-13/h2-3,5-6,10H,4,7-8,16H2,1H3. The summed E-state index contributed by atoms with van der Waals surface area (Å²) in [5.41, 5.74) is 9.60. The fourth-order valence-corrected chi connectivity index (χ4v) is 3.47. The van der Waals surface area contributed by atoms with Gasteiger partial charge >= 0.3 is 0 Å². The van der Waals surface area contributed by atoms with Crippen LogP contribution in [0.2, 0.25) is 0 Å². The van der Waals surface area contributed by atoms with Crippen molar-refractivity contribution in [3.63, 3.8) is 0 Å². The summed E-state index contributed by atoms with van der Waals surface area (Å²) in [5, 5.41) is 0. The number of rotatable bonds is 2. The van der Waals surface area contributed by atoms with Gasteiger partial charge in [-0.2, -0.15) is 0 Å². The molecule has 0 bridgehead atoms. The largest absolute Gasteiger partial charge is 0.326 e. The molecule has 0 aliphatic carbocycles. The molecule has 0 radical (unpaired) electrons. The van der Waals surface area contributed by atoms with Crippen molar-refractivity contribution >= 4 is 27.7 Å². The fourth-order valence-electron chi connectivity index (χ4n) is 2.52. The number of nitrogens with zero attached hydrogens (tertiary/aromatic N) is 2. The lowest BCUT2D eigenvalue weighted by molar-refractivity contribution is 0.455. The summed E-state index contributed by atoms with van der Waals surface area (Å²) in [5.74, 6) is 0. The smallest absolute Gasteiger partial charge is 0.177 e. The Morgan fingerprint density at radius 1 is 1.37 bits per heavy atom. The molecule has 1 aliphatic rings. The van der Waals surface area contributed by atoms with Crippen LogP contribution in [0.15, 0.2) is 33.9 Å². The molecular formula is C14H16BrN3S. The van der Waals surface area contributed by atoms with Gasteiger partial charge in [-0.3, -0.25) is 0 Å². The van der Waals surface area contributed by atoms with E-state index in [0.717, 1.165) is 29.8 Å². The van der Waals surface area contributed by atoms with E-state index in [1.54, 1.807) is 11.8 Å². The van der Waals surface area contributed by atoms with Crippen molar-refractivity contribution in [3.05, 3.63) is 34.7 Å². The van der Waals surface area contributed by atoms with Gasteiger partial charge in [-0.1, -0.05) is 12.1 Å². The number of aromatic nitrogens is 2. The van der Waals surface area contributed by atoms with Crippen molar-refractivity contribution in [2.45, 2.75) is 30.3 Å². The molecule has 0 saturated carbocycles. The van der Waals surface area contributed by atoms with E-state index >= 15 is 0 Å². The molecule has 0 fully saturated rings. The van der Waals surface area contributed by atoms with Gasteiger partial charge in [0, 0.05) is 28.7 Å². The van der Waals surface area contributed by atoms with Crippen LogP contribution < -0.4 is 5.73 Å². The summed E-state index contributed by atoms with van der Waals surface area (Å²) < 4.78 is 3.09. The number of halogens is 1. The van der Waals surface area contributed by atoms with Crippen LogP contribution >= 0.6 is 27.7 Å². The van der Waals surface area contributed by atoms with Crippen molar-refractivity contribution in [3.8, 4) is 11.3 Å². The topological polar surface area (TPSA) is 43.8 Å². The zero-order valence-electron chi connectivity index (χ0n) is 10.8. The molecule has 19 heavy (non-hydrogen) atoms. The van der Waals surface area contributed by atoms with Crippen molar-refractivity contribution in [1.29, 1.82) is 0 Å². The van der Waals surface area contributed by atoms with Gasteiger partial charge in [-0.05, 0) is 47.2 Å². The predicted molar refractivity (Wildman–Crippen MR) is 83.4 cm³/mol. The Hall–Kier alpha value is -0.780. The van der Waals surface area contributed by atoms with E-state index < -0.39 is 0 Å². The minimum Gasteiger partial charge on any atom is -0.326 e. The summed E-state index contributed by atoms with van der Waals surface area (Å²) in [4.78, 5) is 5.95. The Morgan fingerprint density at radius 3 is 2.79 bits per heavy atom. The van der Waals surface area contributed by atoms with Gasteiger partial charge in [0.15, 0.2) is 4.73 Å². The number of nitrogens with two attached hydrogens (primary N) is 1. The Bertz CT molecular complexity index is 591. The molecule has 1 aliphatic heterocycles. The van der Waals surface area contributed by atoms with E-state index in [0.29, 0.717) is 0 Å². The third-order valence-electron chi connectivity index (χ3n) is 3.56. The van der Waals surface area contributed by atoms with E-state index in [9.17, 15) is 0 Å².